The van der Waals surface area contributed by atoms with Crippen molar-refractivity contribution in [2.75, 3.05) is 18.5 Å². The lowest BCUT2D eigenvalue weighted by Crippen LogP contribution is -2.46. The molecule has 0 aliphatic carbocycles. The van der Waals surface area contributed by atoms with Gasteiger partial charge >= 0.3 is 0 Å². The van der Waals surface area contributed by atoms with Gasteiger partial charge in [-0.25, -0.2) is 0 Å². The average Bonchev–Trinajstić information content (AvgIpc) is 2.83. The van der Waals surface area contributed by atoms with Crippen molar-refractivity contribution in [2.24, 2.45) is 0 Å². The van der Waals surface area contributed by atoms with E-state index in [0.29, 0.717) is 6.42 Å². The van der Waals surface area contributed by atoms with Crippen LogP contribution in [0.15, 0.2) is 54.6 Å². The largest absolute Gasteiger partial charge is 0.389 e. The molecule has 1 heterocycles. The van der Waals surface area contributed by atoms with Crippen LogP contribution in [0.1, 0.15) is 31.4 Å². The van der Waals surface area contributed by atoms with Crippen molar-refractivity contribution < 1.29 is 14.7 Å². The van der Waals surface area contributed by atoms with Gasteiger partial charge in [0.25, 0.3) is 0 Å². The molecule has 5 nitrogen and oxygen atoms in total. The van der Waals surface area contributed by atoms with Crippen molar-refractivity contribution in [3.05, 3.63) is 65.7 Å². The first-order valence-electron chi connectivity index (χ1n) is 9.14. The predicted octanol–water partition coefficient (Wildman–Crippen LogP) is 2.42. The average molecular weight is 366 g/mol. The number of likely N-dealkylation sites (N-methyl/N-ethyl adjacent to an activating group) is 1. The van der Waals surface area contributed by atoms with Crippen LogP contribution in [-0.4, -0.2) is 36.1 Å². The fourth-order valence-electron chi connectivity index (χ4n) is 3.72. The molecule has 0 spiro atoms. The highest BCUT2D eigenvalue weighted by molar-refractivity contribution is 6.09. The number of hydrogen-bond donors (Lipinski definition) is 2. The van der Waals surface area contributed by atoms with Crippen molar-refractivity contribution in [1.82, 2.24) is 5.32 Å². The number of carbonyl (C=O) groups excluding carboxylic acids is 2. The highest BCUT2D eigenvalue weighted by Crippen LogP contribution is 2.45. The second-order valence-corrected chi connectivity index (χ2v) is 7.89. The number of benzene rings is 2. The summed E-state index contributed by atoms with van der Waals surface area (Å²) in [5.41, 5.74) is 0.771. The van der Waals surface area contributed by atoms with E-state index in [9.17, 15) is 14.7 Å². The minimum atomic E-state index is -1.00. The molecule has 2 aromatic rings. The Labute approximate surface area is 160 Å². The lowest BCUT2D eigenvalue weighted by Gasteiger charge is -2.29. The molecule has 2 aromatic carbocycles. The Balaban J connectivity index is 1.98. The van der Waals surface area contributed by atoms with Gasteiger partial charge in [0.2, 0.25) is 11.8 Å². The smallest absolute Gasteiger partial charge is 0.238 e. The maximum absolute atomic E-state index is 13.3. The molecule has 1 aliphatic rings. The SMILES string of the molecule is CN1C(=O)C(CC(=O)NCC(C)(C)O)(Cc2ccccc2)c2ccccc21. The maximum atomic E-state index is 13.3. The molecule has 3 rings (SSSR count). The molecule has 0 bridgehead atoms. The third kappa shape index (κ3) is 3.88. The van der Waals surface area contributed by atoms with Crippen LogP contribution in [0, 0.1) is 0 Å². The van der Waals surface area contributed by atoms with Crippen LogP contribution in [0.2, 0.25) is 0 Å². The van der Waals surface area contributed by atoms with E-state index in [2.05, 4.69) is 5.32 Å². The van der Waals surface area contributed by atoms with E-state index in [-0.39, 0.29) is 24.8 Å². The second-order valence-electron chi connectivity index (χ2n) is 7.89. The predicted molar refractivity (Wildman–Crippen MR) is 106 cm³/mol. The van der Waals surface area contributed by atoms with Crippen molar-refractivity contribution in [1.29, 1.82) is 0 Å². The number of nitrogens with zero attached hydrogens (tertiary/aromatic N) is 1. The number of aliphatic hydroxyl groups is 1. The van der Waals surface area contributed by atoms with Gasteiger partial charge in [0.1, 0.15) is 0 Å². The van der Waals surface area contributed by atoms with E-state index in [0.717, 1.165) is 16.8 Å². The van der Waals surface area contributed by atoms with Crippen molar-refractivity contribution in [3.8, 4) is 0 Å². The van der Waals surface area contributed by atoms with Gasteiger partial charge in [-0.15, -0.1) is 0 Å². The normalized spacial score (nSPS) is 19.1. The van der Waals surface area contributed by atoms with Crippen LogP contribution in [0.5, 0.6) is 0 Å². The molecule has 0 radical (unpaired) electrons. The summed E-state index contributed by atoms with van der Waals surface area (Å²) in [5.74, 6) is -0.322. The molecule has 1 unspecified atom stereocenters. The van der Waals surface area contributed by atoms with E-state index in [1.54, 1.807) is 25.8 Å². The molecule has 2 amide bonds. The van der Waals surface area contributed by atoms with Crippen LogP contribution >= 0.6 is 0 Å². The highest BCUT2D eigenvalue weighted by atomic mass is 16.3. The first kappa shape index (κ1) is 19.1. The molecule has 0 aromatic heterocycles. The quantitative estimate of drug-likeness (QED) is 0.825. The zero-order chi connectivity index (χ0) is 19.7. The van der Waals surface area contributed by atoms with E-state index in [1.807, 2.05) is 54.6 Å². The molecule has 1 atom stereocenters. The Kier molecular flexibility index (Phi) is 5.07. The number of carbonyl (C=O) groups is 2. The van der Waals surface area contributed by atoms with Gasteiger partial charge in [-0.2, -0.15) is 0 Å². The second kappa shape index (κ2) is 7.16. The van der Waals surface area contributed by atoms with Gasteiger partial charge < -0.3 is 15.3 Å². The standard InChI is InChI=1S/C22H26N2O3/c1-21(2,27)15-23-19(25)14-22(13-16-9-5-4-6-10-16)17-11-7-8-12-18(17)24(3)20(22)26/h4-12,27H,13-15H2,1-3H3,(H,23,25). The summed E-state index contributed by atoms with van der Waals surface area (Å²) in [6.45, 7) is 3.41. The van der Waals surface area contributed by atoms with E-state index >= 15 is 0 Å². The number of fused-ring (bicyclic) bond motifs is 1. The van der Waals surface area contributed by atoms with Gasteiger partial charge in [0.05, 0.1) is 11.0 Å². The summed E-state index contributed by atoms with van der Waals surface area (Å²) in [5, 5.41) is 12.7. The van der Waals surface area contributed by atoms with Gasteiger partial charge in [0.15, 0.2) is 0 Å². The van der Waals surface area contributed by atoms with Crippen molar-refractivity contribution in [2.45, 2.75) is 37.7 Å². The third-order valence-corrected chi connectivity index (χ3v) is 5.02. The Bertz CT molecular complexity index is 842. The Morgan fingerprint density at radius 2 is 1.74 bits per heavy atom. The maximum Gasteiger partial charge on any atom is 0.238 e. The molecular weight excluding hydrogens is 340 g/mol. The van der Waals surface area contributed by atoms with Crippen LogP contribution in [0.3, 0.4) is 0 Å². The number of amides is 2. The number of nitrogens with one attached hydrogen (secondary N) is 1. The summed E-state index contributed by atoms with van der Waals surface area (Å²) in [6, 6.07) is 17.4. The summed E-state index contributed by atoms with van der Waals surface area (Å²) in [6.07, 6.45) is 0.488. The molecule has 1 aliphatic heterocycles. The molecule has 27 heavy (non-hydrogen) atoms. The number of para-hydroxylation sites is 1. The number of hydrogen-bond acceptors (Lipinski definition) is 3. The van der Waals surface area contributed by atoms with Gasteiger partial charge in [0, 0.05) is 25.7 Å². The number of anilines is 1. The molecular formula is C22H26N2O3. The van der Waals surface area contributed by atoms with E-state index < -0.39 is 11.0 Å². The van der Waals surface area contributed by atoms with E-state index in [4.69, 9.17) is 0 Å². The fraction of sp³-hybridized carbons (Fsp3) is 0.364. The van der Waals surface area contributed by atoms with Crippen LogP contribution in [0.25, 0.3) is 0 Å². The van der Waals surface area contributed by atoms with Gasteiger partial charge in [-0.1, -0.05) is 48.5 Å². The Hall–Kier alpha value is -2.66. The summed E-state index contributed by atoms with van der Waals surface area (Å²) in [7, 11) is 1.75. The zero-order valence-electron chi connectivity index (χ0n) is 16.0. The van der Waals surface area contributed by atoms with Crippen LogP contribution < -0.4 is 10.2 Å². The minimum Gasteiger partial charge on any atom is -0.389 e. The van der Waals surface area contributed by atoms with Gasteiger partial charge in [-0.3, -0.25) is 9.59 Å². The first-order valence-corrected chi connectivity index (χ1v) is 9.14. The third-order valence-electron chi connectivity index (χ3n) is 5.02. The van der Waals surface area contributed by atoms with Crippen LogP contribution in [0.4, 0.5) is 5.69 Å². The Morgan fingerprint density at radius 3 is 2.41 bits per heavy atom. The van der Waals surface area contributed by atoms with Gasteiger partial charge in [-0.05, 0) is 37.5 Å². The van der Waals surface area contributed by atoms with Crippen LogP contribution in [-0.2, 0) is 21.4 Å². The first-order chi connectivity index (χ1) is 12.7. The Morgan fingerprint density at radius 1 is 1.11 bits per heavy atom. The summed E-state index contributed by atoms with van der Waals surface area (Å²) < 4.78 is 0. The van der Waals surface area contributed by atoms with Crippen molar-refractivity contribution >= 4 is 17.5 Å². The monoisotopic (exact) mass is 366 g/mol. The lowest BCUT2D eigenvalue weighted by molar-refractivity contribution is -0.130. The molecule has 5 heteroatoms. The molecule has 2 N–H and O–H groups in total. The van der Waals surface area contributed by atoms with E-state index in [1.165, 1.54) is 0 Å². The zero-order valence-corrected chi connectivity index (χ0v) is 16.0. The molecule has 0 fully saturated rings. The minimum absolute atomic E-state index is 0.0398. The fourth-order valence-corrected chi connectivity index (χ4v) is 3.72. The lowest BCUT2D eigenvalue weighted by atomic mass is 9.73. The number of rotatable bonds is 6. The summed E-state index contributed by atoms with van der Waals surface area (Å²) in [4.78, 5) is 27.7. The summed E-state index contributed by atoms with van der Waals surface area (Å²) >= 11 is 0. The molecule has 142 valence electrons. The highest BCUT2D eigenvalue weighted by Gasteiger charge is 2.50. The molecule has 0 saturated heterocycles. The van der Waals surface area contributed by atoms with Crippen molar-refractivity contribution in [3.63, 3.8) is 0 Å². The molecule has 0 saturated carbocycles. The topological polar surface area (TPSA) is 69.6 Å².